The number of hydrogen-bond donors (Lipinski definition) is 2. The van der Waals surface area contributed by atoms with Crippen LogP contribution in [0.5, 0.6) is 0 Å². The van der Waals surface area contributed by atoms with Crippen LogP contribution in [0.1, 0.15) is 38.1 Å². The van der Waals surface area contributed by atoms with Crippen molar-refractivity contribution in [3.8, 4) is 0 Å². The van der Waals surface area contributed by atoms with Crippen LogP contribution < -0.4 is 11.1 Å². The second kappa shape index (κ2) is 4.87. The highest BCUT2D eigenvalue weighted by Gasteiger charge is 2.27. The van der Waals surface area contributed by atoms with Gasteiger partial charge in [0.05, 0.1) is 18.3 Å². The van der Waals surface area contributed by atoms with Crippen molar-refractivity contribution in [1.29, 1.82) is 0 Å². The first-order valence-corrected chi connectivity index (χ1v) is 5.68. The summed E-state index contributed by atoms with van der Waals surface area (Å²) < 4.78 is 5.36. The number of nitrogens with two attached hydrogens (primary N) is 1. The van der Waals surface area contributed by atoms with Crippen LogP contribution in [0.3, 0.4) is 0 Å². The molecule has 1 aromatic heterocycles. The Labute approximate surface area is 102 Å². The SMILES string of the molecule is Cc1nc(CNC(=O)[C@H](N)C(C)(C)C)oc1C. The highest BCUT2D eigenvalue weighted by molar-refractivity contribution is 5.82. The molecule has 1 aromatic rings. The van der Waals surface area contributed by atoms with Gasteiger partial charge in [-0.15, -0.1) is 0 Å². The van der Waals surface area contributed by atoms with Crippen LogP contribution in [0.25, 0.3) is 0 Å². The molecule has 0 bridgehead atoms. The van der Waals surface area contributed by atoms with Gasteiger partial charge in [-0.2, -0.15) is 0 Å². The molecule has 1 amide bonds. The summed E-state index contributed by atoms with van der Waals surface area (Å²) in [5.74, 6) is 1.09. The van der Waals surface area contributed by atoms with E-state index in [0.29, 0.717) is 5.89 Å². The normalized spacial score (nSPS) is 13.5. The fraction of sp³-hybridized carbons (Fsp3) is 0.667. The molecular formula is C12H21N3O2. The lowest BCUT2D eigenvalue weighted by Gasteiger charge is -2.25. The van der Waals surface area contributed by atoms with Gasteiger partial charge in [0.15, 0.2) is 0 Å². The van der Waals surface area contributed by atoms with Gasteiger partial charge in [0.1, 0.15) is 5.76 Å². The van der Waals surface area contributed by atoms with E-state index in [1.54, 1.807) is 0 Å². The second-order valence-electron chi connectivity index (χ2n) is 5.31. The number of carbonyl (C=O) groups is 1. The molecule has 0 saturated carbocycles. The second-order valence-corrected chi connectivity index (χ2v) is 5.31. The van der Waals surface area contributed by atoms with Gasteiger partial charge in [0.25, 0.3) is 0 Å². The van der Waals surface area contributed by atoms with Crippen LogP contribution in [0.15, 0.2) is 4.42 Å². The Morgan fingerprint density at radius 2 is 2.06 bits per heavy atom. The molecule has 0 radical (unpaired) electrons. The molecule has 0 unspecified atom stereocenters. The minimum absolute atomic E-state index is 0.189. The van der Waals surface area contributed by atoms with E-state index in [9.17, 15) is 4.79 Å². The topological polar surface area (TPSA) is 81.2 Å². The molecule has 0 aliphatic rings. The number of amides is 1. The maximum atomic E-state index is 11.7. The molecule has 0 aliphatic carbocycles. The van der Waals surface area contributed by atoms with Crippen molar-refractivity contribution >= 4 is 5.91 Å². The average Bonchev–Trinajstić information content (AvgIpc) is 2.52. The number of hydrogen-bond acceptors (Lipinski definition) is 4. The van der Waals surface area contributed by atoms with Crippen molar-refractivity contribution < 1.29 is 9.21 Å². The Bertz CT molecular complexity index is 385. The summed E-state index contributed by atoms with van der Waals surface area (Å²) in [6.45, 7) is 9.76. The summed E-state index contributed by atoms with van der Waals surface area (Å²) in [5, 5.41) is 2.73. The van der Waals surface area contributed by atoms with Crippen LogP contribution in [0.2, 0.25) is 0 Å². The molecule has 1 rings (SSSR count). The Hall–Kier alpha value is -1.36. The van der Waals surface area contributed by atoms with Crippen LogP contribution in [-0.2, 0) is 11.3 Å². The predicted octanol–water partition coefficient (Wildman–Crippen LogP) is 1.28. The number of nitrogens with one attached hydrogen (secondary N) is 1. The number of aryl methyl sites for hydroxylation is 2. The van der Waals surface area contributed by atoms with Gasteiger partial charge in [-0.05, 0) is 19.3 Å². The Balaban J connectivity index is 2.54. The lowest BCUT2D eigenvalue weighted by molar-refractivity contribution is -0.124. The maximum Gasteiger partial charge on any atom is 0.237 e. The lowest BCUT2D eigenvalue weighted by Crippen LogP contribution is -2.48. The van der Waals surface area contributed by atoms with Gasteiger partial charge < -0.3 is 15.5 Å². The summed E-state index contributed by atoms with van der Waals surface area (Å²) in [4.78, 5) is 15.9. The van der Waals surface area contributed by atoms with E-state index in [1.807, 2.05) is 34.6 Å². The molecule has 0 saturated heterocycles. The fourth-order valence-electron chi connectivity index (χ4n) is 1.28. The fourth-order valence-corrected chi connectivity index (χ4v) is 1.28. The number of aromatic nitrogens is 1. The van der Waals surface area contributed by atoms with Crippen LogP contribution in [-0.4, -0.2) is 16.9 Å². The first kappa shape index (κ1) is 13.7. The van der Waals surface area contributed by atoms with E-state index < -0.39 is 6.04 Å². The number of nitrogens with zero attached hydrogens (tertiary/aromatic N) is 1. The molecule has 1 heterocycles. The molecule has 5 heteroatoms. The zero-order valence-electron chi connectivity index (χ0n) is 11.1. The largest absolute Gasteiger partial charge is 0.444 e. The van der Waals surface area contributed by atoms with Crippen LogP contribution >= 0.6 is 0 Å². The Morgan fingerprint density at radius 3 is 2.47 bits per heavy atom. The summed E-state index contributed by atoms with van der Waals surface area (Å²) in [5.41, 5.74) is 6.42. The molecule has 0 aliphatic heterocycles. The number of carbonyl (C=O) groups excluding carboxylic acids is 1. The zero-order valence-corrected chi connectivity index (χ0v) is 11.1. The van der Waals surface area contributed by atoms with Crippen molar-refractivity contribution in [1.82, 2.24) is 10.3 Å². The van der Waals surface area contributed by atoms with Gasteiger partial charge >= 0.3 is 0 Å². The van der Waals surface area contributed by atoms with Crippen molar-refractivity contribution in [3.05, 3.63) is 17.3 Å². The highest BCUT2D eigenvalue weighted by Crippen LogP contribution is 2.17. The molecule has 5 nitrogen and oxygen atoms in total. The van der Waals surface area contributed by atoms with Crippen molar-refractivity contribution in [2.24, 2.45) is 11.1 Å². The van der Waals surface area contributed by atoms with Gasteiger partial charge in [-0.1, -0.05) is 20.8 Å². The Morgan fingerprint density at radius 1 is 1.47 bits per heavy atom. The Kier molecular flexibility index (Phi) is 3.93. The standard InChI is InChI=1S/C12H21N3O2/c1-7-8(2)17-9(15-7)6-14-11(16)10(13)12(3,4)5/h10H,6,13H2,1-5H3,(H,14,16)/t10-/m0/s1. The van der Waals surface area contributed by atoms with E-state index >= 15 is 0 Å². The summed E-state index contributed by atoms with van der Waals surface area (Å²) in [7, 11) is 0. The highest BCUT2D eigenvalue weighted by atomic mass is 16.4. The minimum atomic E-state index is -0.542. The molecule has 1 atom stereocenters. The maximum absolute atomic E-state index is 11.7. The molecule has 0 aromatic carbocycles. The molecule has 3 N–H and O–H groups in total. The third-order valence-corrected chi connectivity index (χ3v) is 2.70. The van der Waals surface area contributed by atoms with Crippen LogP contribution in [0, 0.1) is 19.3 Å². The monoisotopic (exact) mass is 239 g/mol. The molecule has 0 fully saturated rings. The van der Waals surface area contributed by atoms with Crippen molar-refractivity contribution in [2.45, 2.75) is 47.2 Å². The number of oxazole rings is 1. The van der Waals surface area contributed by atoms with Crippen molar-refractivity contribution in [2.75, 3.05) is 0 Å². The molecule has 17 heavy (non-hydrogen) atoms. The minimum Gasteiger partial charge on any atom is -0.444 e. The van der Waals surface area contributed by atoms with E-state index in [2.05, 4.69) is 10.3 Å². The number of rotatable bonds is 3. The lowest BCUT2D eigenvalue weighted by atomic mass is 9.87. The van der Waals surface area contributed by atoms with Gasteiger partial charge in [0, 0.05) is 0 Å². The summed E-state index contributed by atoms with van der Waals surface area (Å²) in [6, 6.07) is -0.542. The van der Waals surface area contributed by atoms with E-state index in [0.717, 1.165) is 11.5 Å². The smallest absolute Gasteiger partial charge is 0.237 e. The first-order chi connectivity index (χ1) is 7.71. The third kappa shape index (κ3) is 3.56. The first-order valence-electron chi connectivity index (χ1n) is 5.68. The third-order valence-electron chi connectivity index (χ3n) is 2.70. The van der Waals surface area contributed by atoms with Gasteiger partial charge in [-0.3, -0.25) is 4.79 Å². The average molecular weight is 239 g/mol. The predicted molar refractivity (Wildman–Crippen MR) is 65.3 cm³/mol. The molecule has 96 valence electrons. The van der Waals surface area contributed by atoms with E-state index in [4.69, 9.17) is 10.2 Å². The summed E-state index contributed by atoms with van der Waals surface area (Å²) in [6.07, 6.45) is 0. The van der Waals surface area contributed by atoms with Gasteiger partial charge in [0.2, 0.25) is 11.8 Å². The van der Waals surface area contributed by atoms with E-state index in [1.165, 1.54) is 0 Å². The zero-order chi connectivity index (χ0) is 13.2. The van der Waals surface area contributed by atoms with Gasteiger partial charge in [-0.25, -0.2) is 4.98 Å². The van der Waals surface area contributed by atoms with E-state index in [-0.39, 0.29) is 17.9 Å². The quantitative estimate of drug-likeness (QED) is 0.832. The summed E-state index contributed by atoms with van der Waals surface area (Å²) >= 11 is 0. The molecular weight excluding hydrogens is 218 g/mol. The molecule has 0 spiro atoms. The van der Waals surface area contributed by atoms with Crippen LogP contribution in [0.4, 0.5) is 0 Å². The van der Waals surface area contributed by atoms with Crippen molar-refractivity contribution in [3.63, 3.8) is 0 Å².